The molecule has 1 aliphatic rings. The Balaban J connectivity index is 1.89. The van der Waals surface area contributed by atoms with Gasteiger partial charge in [0.05, 0.1) is 11.7 Å². The summed E-state index contributed by atoms with van der Waals surface area (Å²) in [4.78, 5) is 19.5. The van der Waals surface area contributed by atoms with E-state index in [1.165, 1.54) is 16.7 Å². The SMILES string of the molecule is Cc1ccc(CCC2c3c(I)nc(C)n3CCN2C(=O)OC(C)(C)C)cc1C. The molecular weight excluding hydrogens is 465 g/mol. The maximum absolute atomic E-state index is 12.9. The highest BCUT2D eigenvalue weighted by molar-refractivity contribution is 14.1. The Kier molecular flexibility index (Phi) is 6.08. The first-order chi connectivity index (χ1) is 13.1. The minimum Gasteiger partial charge on any atom is -0.444 e. The van der Waals surface area contributed by atoms with Crippen LogP contribution in [0.15, 0.2) is 18.2 Å². The fourth-order valence-electron chi connectivity index (χ4n) is 3.75. The average Bonchev–Trinajstić information content (AvgIpc) is 2.88. The van der Waals surface area contributed by atoms with Gasteiger partial charge >= 0.3 is 6.09 Å². The third-order valence-electron chi connectivity index (χ3n) is 5.31. The second-order valence-electron chi connectivity index (χ2n) is 8.63. The molecule has 0 radical (unpaired) electrons. The third kappa shape index (κ3) is 4.53. The van der Waals surface area contributed by atoms with Crippen LogP contribution in [0.5, 0.6) is 0 Å². The summed E-state index contributed by atoms with van der Waals surface area (Å²) in [7, 11) is 0. The van der Waals surface area contributed by atoms with E-state index in [2.05, 4.69) is 64.2 Å². The highest BCUT2D eigenvalue weighted by Gasteiger charge is 2.36. The van der Waals surface area contributed by atoms with Crippen molar-refractivity contribution >= 4 is 28.7 Å². The second kappa shape index (κ2) is 8.05. The maximum atomic E-state index is 12.9. The standard InChI is InChI=1S/C22H30IN3O2/c1-14-7-8-17(13-15(14)2)9-10-18-19-20(23)24-16(3)25(19)11-12-26(18)21(27)28-22(4,5)6/h7-8,13,18H,9-12H2,1-6H3. The third-order valence-corrected chi connectivity index (χ3v) is 6.11. The zero-order valence-corrected chi connectivity index (χ0v) is 19.8. The topological polar surface area (TPSA) is 47.4 Å². The van der Waals surface area contributed by atoms with E-state index in [-0.39, 0.29) is 12.1 Å². The summed E-state index contributed by atoms with van der Waals surface area (Å²) in [5.41, 5.74) is 4.55. The van der Waals surface area contributed by atoms with Crippen molar-refractivity contribution in [1.82, 2.24) is 14.5 Å². The highest BCUT2D eigenvalue weighted by Crippen LogP contribution is 2.35. The van der Waals surface area contributed by atoms with Crippen LogP contribution in [0.25, 0.3) is 0 Å². The molecule has 3 rings (SSSR count). The van der Waals surface area contributed by atoms with Crippen LogP contribution in [0, 0.1) is 24.5 Å². The summed E-state index contributed by atoms with van der Waals surface area (Å²) in [6.45, 7) is 13.5. The van der Waals surface area contributed by atoms with Crippen LogP contribution in [-0.2, 0) is 17.7 Å². The Morgan fingerprint density at radius 1 is 1.21 bits per heavy atom. The monoisotopic (exact) mass is 495 g/mol. The Bertz CT molecular complexity index is 883. The molecule has 0 spiro atoms. The van der Waals surface area contributed by atoms with E-state index in [1.54, 1.807) is 0 Å². The van der Waals surface area contributed by atoms with Crippen LogP contribution in [0.2, 0.25) is 0 Å². The maximum Gasteiger partial charge on any atom is 0.410 e. The summed E-state index contributed by atoms with van der Waals surface area (Å²) < 4.78 is 8.95. The van der Waals surface area contributed by atoms with Gasteiger partial charge in [0.25, 0.3) is 0 Å². The minimum absolute atomic E-state index is 0.0293. The quantitative estimate of drug-likeness (QED) is 0.541. The van der Waals surface area contributed by atoms with Crippen LogP contribution in [0.3, 0.4) is 0 Å². The van der Waals surface area contributed by atoms with Crippen molar-refractivity contribution in [2.24, 2.45) is 0 Å². The molecule has 1 atom stereocenters. The molecule has 2 aromatic rings. The lowest BCUT2D eigenvalue weighted by molar-refractivity contribution is 0.00937. The molecule has 2 heterocycles. The van der Waals surface area contributed by atoms with Gasteiger partial charge in [0, 0.05) is 13.1 Å². The van der Waals surface area contributed by atoms with Crippen molar-refractivity contribution in [3.63, 3.8) is 0 Å². The van der Waals surface area contributed by atoms with Crippen molar-refractivity contribution in [2.75, 3.05) is 6.54 Å². The van der Waals surface area contributed by atoms with E-state index in [0.717, 1.165) is 34.6 Å². The first-order valence-electron chi connectivity index (χ1n) is 9.85. The molecule has 0 fully saturated rings. The van der Waals surface area contributed by atoms with Crippen molar-refractivity contribution in [3.05, 3.63) is 50.1 Å². The van der Waals surface area contributed by atoms with Gasteiger partial charge in [0.2, 0.25) is 0 Å². The summed E-state index contributed by atoms with van der Waals surface area (Å²) in [5, 5.41) is 0. The van der Waals surface area contributed by atoms with E-state index >= 15 is 0 Å². The molecule has 0 saturated carbocycles. The number of fused-ring (bicyclic) bond motifs is 1. The molecule has 28 heavy (non-hydrogen) atoms. The van der Waals surface area contributed by atoms with Crippen LogP contribution < -0.4 is 0 Å². The molecule has 1 aromatic heterocycles. The Labute approximate surface area is 181 Å². The van der Waals surface area contributed by atoms with Gasteiger partial charge in [-0.1, -0.05) is 18.2 Å². The normalized spacial score (nSPS) is 16.8. The van der Waals surface area contributed by atoms with Crippen molar-refractivity contribution in [2.45, 2.75) is 72.6 Å². The van der Waals surface area contributed by atoms with Gasteiger partial charge in [0.1, 0.15) is 15.1 Å². The van der Waals surface area contributed by atoms with E-state index in [1.807, 2.05) is 32.6 Å². The van der Waals surface area contributed by atoms with Gasteiger partial charge in [-0.05, 0) is 93.7 Å². The number of imidazole rings is 1. The summed E-state index contributed by atoms with van der Waals surface area (Å²) in [5.74, 6) is 1.01. The van der Waals surface area contributed by atoms with Gasteiger partial charge < -0.3 is 9.30 Å². The number of amides is 1. The largest absolute Gasteiger partial charge is 0.444 e. The highest BCUT2D eigenvalue weighted by atomic mass is 127. The van der Waals surface area contributed by atoms with Crippen molar-refractivity contribution in [3.8, 4) is 0 Å². The van der Waals surface area contributed by atoms with E-state index in [4.69, 9.17) is 4.74 Å². The minimum atomic E-state index is -0.504. The first-order valence-corrected chi connectivity index (χ1v) is 10.9. The van der Waals surface area contributed by atoms with Gasteiger partial charge in [-0.3, -0.25) is 4.90 Å². The van der Waals surface area contributed by atoms with Gasteiger partial charge in [-0.2, -0.15) is 0 Å². The van der Waals surface area contributed by atoms with E-state index in [0.29, 0.717) is 6.54 Å². The lowest BCUT2D eigenvalue weighted by atomic mass is 9.98. The molecule has 1 aromatic carbocycles. The number of aryl methyl sites for hydroxylation is 4. The summed E-state index contributed by atoms with van der Waals surface area (Å²) in [6, 6.07) is 6.59. The number of hydrogen-bond donors (Lipinski definition) is 0. The lowest BCUT2D eigenvalue weighted by Crippen LogP contribution is -2.45. The number of rotatable bonds is 3. The van der Waals surface area contributed by atoms with Crippen LogP contribution in [-0.4, -0.2) is 32.7 Å². The Morgan fingerprint density at radius 2 is 1.93 bits per heavy atom. The fraction of sp³-hybridized carbons (Fsp3) is 0.545. The molecule has 0 bridgehead atoms. The molecule has 1 aliphatic heterocycles. The number of ether oxygens (including phenoxy) is 1. The molecule has 0 aliphatic carbocycles. The predicted octanol–water partition coefficient (Wildman–Crippen LogP) is 5.34. The summed E-state index contributed by atoms with van der Waals surface area (Å²) in [6.07, 6.45) is 1.52. The van der Waals surface area contributed by atoms with Crippen molar-refractivity contribution < 1.29 is 9.53 Å². The molecule has 5 nitrogen and oxygen atoms in total. The number of hydrogen-bond acceptors (Lipinski definition) is 3. The molecule has 1 unspecified atom stereocenters. The zero-order chi connectivity index (χ0) is 20.6. The van der Waals surface area contributed by atoms with Crippen molar-refractivity contribution in [1.29, 1.82) is 0 Å². The molecule has 0 N–H and O–H groups in total. The number of nitrogens with zero attached hydrogens (tertiary/aromatic N) is 3. The number of carbonyl (C=O) groups is 1. The number of benzene rings is 1. The van der Waals surface area contributed by atoms with E-state index in [9.17, 15) is 4.79 Å². The molecule has 1 amide bonds. The van der Waals surface area contributed by atoms with Crippen LogP contribution in [0.4, 0.5) is 4.79 Å². The van der Waals surface area contributed by atoms with Crippen LogP contribution in [0.1, 0.15) is 61.4 Å². The van der Waals surface area contributed by atoms with E-state index < -0.39 is 5.60 Å². The van der Waals surface area contributed by atoms with Gasteiger partial charge in [0.15, 0.2) is 0 Å². The molecular formula is C22H30IN3O2. The van der Waals surface area contributed by atoms with Gasteiger partial charge in [-0.25, -0.2) is 9.78 Å². The summed E-state index contributed by atoms with van der Waals surface area (Å²) >= 11 is 2.29. The fourth-order valence-corrected chi connectivity index (χ4v) is 4.75. The smallest absolute Gasteiger partial charge is 0.410 e. The number of carbonyl (C=O) groups excluding carboxylic acids is 1. The predicted molar refractivity (Wildman–Crippen MR) is 120 cm³/mol. The average molecular weight is 495 g/mol. The Hall–Kier alpha value is -1.57. The van der Waals surface area contributed by atoms with Gasteiger partial charge in [-0.15, -0.1) is 0 Å². The second-order valence-corrected chi connectivity index (χ2v) is 9.66. The molecule has 6 heteroatoms. The zero-order valence-electron chi connectivity index (χ0n) is 17.7. The Morgan fingerprint density at radius 3 is 2.57 bits per heavy atom. The molecule has 152 valence electrons. The number of halogens is 1. The lowest BCUT2D eigenvalue weighted by Gasteiger charge is -2.38. The number of aromatic nitrogens is 2. The molecule has 0 saturated heterocycles. The first kappa shape index (κ1) is 21.1. The van der Waals surface area contributed by atoms with Crippen LogP contribution >= 0.6 is 22.6 Å².